The summed E-state index contributed by atoms with van der Waals surface area (Å²) in [5, 5.41) is 3.40. The molecule has 1 saturated heterocycles. The maximum absolute atomic E-state index is 12.4. The van der Waals surface area contributed by atoms with Gasteiger partial charge in [-0.1, -0.05) is 23.2 Å². The Balaban J connectivity index is 2.31. The summed E-state index contributed by atoms with van der Waals surface area (Å²) in [6, 6.07) is 3.68. The van der Waals surface area contributed by atoms with Crippen LogP contribution in [0.25, 0.3) is 0 Å². The standard InChI is InChI=1S/C11H12Cl2N2O3S/c12-10-2-1-9(5-11(10)13)19(17,18)15-4-3-14-8(6-15)7-16/h1-2,5,7-8,14H,3-4,6H2. The predicted molar refractivity (Wildman–Crippen MR) is 73.1 cm³/mol. The van der Waals surface area contributed by atoms with Crippen molar-refractivity contribution < 1.29 is 13.2 Å². The third-order valence-corrected chi connectivity index (χ3v) is 5.46. The first-order chi connectivity index (χ1) is 8.95. The van der Waals surface area contributed by atoms with E-state index in [9.17, 15) is 13.2 Å². The summed E-state index contributed by atoms with van der Waals surface area (Å²) in [6.45, 7) is 0.864. The molecular weight excluding hydrogens is 311 g/mol. The number of piperazine rings is 1. The molecule has 19 heavy (non-hydrogen) atoms. The van der Waals surface area contributed by atoms with Crippen LogP contribution in [0.5, 0.6) is 0 Å². The Morgan fingerprint density at radius 1 is 1.32 bits per heavy atom. The third-order valence-electron chi connectivity index (χ3n) is 2.86. The van der Waals surface area contributed by atoms with Crippen LogP contribution in [0.1, 0.15) is 0 Å². The fraction of sp³-hybridized carbons (Fsp3) is 0.364. The van der Waals surface area contributed by atoms with Crippen molar-refractivity contribution in [2.24, 2.45) is 0 Å². The molecule has 1 atom stereocenters. The number of aldehydes is 1. The van der Waals surface area contributed by atoms with Gasteiger partial charge in [0.15, 0.2) is 0 Å². The SMILES string of the molecule is O=CC1CN(S(=O)(=O)c2ccc(Cl)c(Cl)c2)CCN1. The van der Waals surface area contributed by atoms with Crippen molar-refractivity contribution in [2.75, 3.05) is 19.6 Å². The lowest BCUT2D eigenvalue weighted by atomic mass is 10.3. The monoisotopic (exact) mass is 322 g/mol. The highest BCUT2D eigenvalue weighted by Gasteiger charge is 2.30. The van der Waals surface area contributed by atoms with E-state index in [1.165, 1.54) is 22.5 Å². The van der Waals surface area contributed by atoms with E-state index in [0.29, 0.717) is 24.4 Å². The van der Waals surface area contributed by atoms with E-state index in [2.05, 4.69) is 5.32 Å². The van der Waals surface area contributed by atoms with Gasteiger partial charge in [0, 0.05) is 19.6 Å². The lowest BCUT2D eigenvalue weighted by Gasteiger charge is -2.30. The van der Waals surface area contributed by atoms with Crippen LogP contribution < -0.4 is 5.32 Å². The van der Waals surface area contributed by atoms with Gasteiger partial charge in [0.2, 0.25) is 10.0 Å². The molecule has 0 aromatic heterocycles. The number of sulfonamides is 1. The molecule has 1 N–H and O–H groups in total. The summed E-state index contributed by atoms with van der Waals surface area (Å²) in [7, 11) is -3.65. The van der Waals surface area contributed by atoms with Gasteiger partial charge in [-0.3, -0.25) is 0 Å². The van der Waals surface area contributed by atoms with Crippen LogP contribution in [0.2, 0.25) is 10.0 Å². The highest BCUT2D eigenvalue weighted by Crippen LogP contribution is 2.26. The number of halogens is 2. The van der Waals surface area contributed by atoms with Crippen LogP contribution in [0, 0.1) is 0 Å². The molecule has 0 saturated carbocycles. The van der Waals surface area contributed by atoms with Crippen molar-refractivity contribution in [2.45, 2.75) is 10.9 Å². The summed E-state index contributed by atoms with van der Waals surface area (Å²) in [5.41, 5.74) is 0. The second kappa shape index (κ2) is 5.76. The summed E-state index contributed by atoms with van der Waals surface area (Å²) in [4.78, 5) is 10.8. The Hall–Kier alpha value is -0.660. The molecule has 104 valence electrons. The van der Waals surface area contributed by atoms with Gasteiger partial charge in [0.1, 0.15) is 6.29 Å². The lowest BCUT2D eigenvalue weighted by Crippen LogP contribution is -2.53. The Labute approximate surface area is 121 Å². The van der Waals surface area contributed by atoms with Crippen LogP contribution in [0.4, 0.5) is 0 Å². The first-order valence-electron chi connectivity index (χ1n) is 5.59. The molecular formula is C11H12Cl2N2O3S. The zero-order valence-electron chi connectivity index (χ0n) is 9.84. The van der Waals surface area contributed by atoms with Crippen molar-refractivity contribution in [3.63, 3.8) is 0 Å². The zero-order chi connectivity index (χ0) is 14.0. The molecule has 1 unspecified atom stereocenters. The molecule has 1 aliphatic rings. The summed E-state index contributed by atoms with van der Waals surface area (Å²) < 4.78 is 26.1. The van der Waals surface area contributed by atoms with E-state index in [1.807, 2.05) is 0 Å². The summed E-state index contributed by atoms with van der Waals surface area (Å²) >= 11 is 11.6. The van der Waals surface area contributed by atoms with Crippen molar-refractivity contribution in [1.29, 1.82) is 0 Å². The van der Waals surface area contributed by atoms with Gasteiger partial charge in [-0.05, 0) is 18.2 Å². The minimum Gasteiger partial charge on any atom is -0.305 e. The number of carbonyl (C=O) groups excluding carboxylic acids is 1. The Morgan fingerprint density at radius 2 is 2.05 bits per heavy atom. The second-order valence-electron chi connectivity index (χ2n) is 4.14. The number of nitrogens with zero attached hydrogens (tertiary/aromatic N) is 1. The maximum Gasteiger partial charge on any atom is 0.243 e. The fourth-order valence-corrected chi connectivity index (χ4v) is 3.70. The molecule has 8 heteroatoms. The van der Waals surface area contributed by atoms with Crippen LogP contribution in [0.3, 0.4) is 0 Å². The molecule has 0 aliphatic carbocycles. The molecule has 1 heterocycles. The van der Waals surface area contributed by atoms with Gasteiger partial charge < -0.3 is 10.1 Å². The molecule has 2 rings (SSSR count). The van der Waals surface area contributed by atoms with Crippen LogP contribution in [-0.2, 0) is 14.8 Å². The molecule has 0 radical (unpaired) electrons. The van der Waals surface area contributed by atoms with E-state index < -0.39 is 16.1 Å². The van der Waals surface area contributed by atoms with E-state index in [-0.39, 0.29) is 16.5 Å². The smallest absolute Gasteiger partial charge is 0.243 e. The number of nitrogens with one attached hydrogen (secondary N) is 1. The molecule has 5 nitrogen and oxygen atoms in total. The quantitative estimate of drug-likeness (QED) is 0.848. The third kappa shape index (κ3) is 3.09. The lowest BCUT2D eigenvalue weighted by molar-refractivity contribution is -0.110. The maximum atomic E-state index is 12.4. The largest absolute Gasteiger partial charge is 0.305 e. The molecule has 0 spiro atoms. The molecule has 1 fully saturated rings. The Kier molecular flexibility index (Phi) is 4.47. The summed E-state index contributed by atoms with van der Waals surface area (Å²) in [6.07, 6.45) is 0.705. The van der Waals surface area contributed by atoms with Crippen LogP contribution in [-0.4, -0.2) is 44.7 Å². The van der Waals surface area contributed by atoms with Crippen molar-refractivity contribution in [3.05, 3.63) is 28.2 Å². The molecule has 1 aromatic carbocycles. The number of hydrogen-bond donors (Lipinski definition) is 1. The van der Waals surface area contributed by atoms with Gasteiger partial charge in [0.05, 0.1) is 21.0 Å². The van der Waals surface area contributed by atoms with E-state index >= 15 is 0 Å². The minimum atomic E-state index is -3.65. The summed E-state index contributed by atoms with van der Waals surface area (Å²) in [5.74, 6) is 0. The first kappa shape index (κ1) is 14.7. The first-order valence-corrected chi connectivity index (χ1v) is 7.78. The molecule has 0 amide bonds. The topological polar surface area (TPSA) is 66.5 Å². The number of carbonyl (C=O) groups is 1. The predicted octanol–water partition coefficient (Wildman–Crippen LogP) is 1.15. The zero-order valence-corrected chi connectivity index (χ0v) is 12.2. The van der Waals surface area contributed by atoms with Crippen LogP contribution in [0.15, 0.2) is 23.1 Å². The molecule has 1 aliphatic heterocycles. The molecule has 1 aromatic rings. The van der Waals surface area contributed by atoms with Crippen molar-refractivity contribution >= 4 is 39.5 Å². The van der Waals surface area contributed by atoms with Gasteiger partial charge in [-0.25, -0.2) is 8.42 Å². The van der Waals surface area contributed by atoms with Crippen molar-refractivity contribution in [1.82, 2.24) is 9.62 Å². The van der Waals surface area contributed by atoms with Crippen LogP contribution >= 0.6 is 23.2 Å². The normalized spacial score (nSPS) is 21.3. The van der Waals surface area contributed by atoms with Crippen molar-refractivity contribution in [3.8, 4) is 0 Å². The number of hydrogen-bond acceptors (Lipinski definition) is 4. The Bertz CT molecular complexity index is 592. The van der Waals surface area contributed by atoms with Gasteiger partial charge in [-0.2, -0.15) is 4.31 Å². The number of rotatable bonds is 3. The number of benzene rings is 1. The van der Waals surface area contributed by atoms with E-state index in [1.54, 1.807) is 0 Å². The highest BCUT2D eigenvalue weighted by molar-refractivity contribution is 7.89. The second-order valence-corrected chi connectivity index (χ2v) is 6.89. The fourth-order valence-electron chi connectivity index (χ4n) is 1.85. The van der Waals surface area contributed by atoms with Gasteiger partial charge in [-0.15, -0.1) is 0 Å². The molecule has 0 bridgehead atoms. The Morgan fingerprint density at radius 3 is 2.68 bits per heavy atom. The van der Waals surface area contributed by atoms with Gasteiger partial charge in [0.25, 0.3) is 0 Å². The van der Waals surface area contributed by atoms with E-state index in [4.69, 9.17) is 23.2 Å². The average molecular weight is 323 g/mol. The van der Waals surface area contributed by atoms with Gasteiger partial charge >= 0.3 is 0 Å². The highest BCUT2D eigenvalue weighted by atomic mass is 35.5. The average Bonchev–Trinajstić information content (AvgIpc) is 2.41. The van der Waals surface area contributed by atoms with E-state index in [0.717, 1.165) is 0 Å². The minimum absolute atomic E-state index is 0.0773.